The van der Waals surface area contributed by atoms with Crippen molar-refractivity contribution in [3.05, 3.63) is 34.3 Å². The minimum Gasteiger partial charge on any atom is -0.422 e. The highest BCUT2D eigenvalue weighted by Gasteiger charge is 2.56. The zero-order valence-corrected chi connectivity index (χ0v) is 13.7. The zero-order chi connectivity index (χ0) is 16.1. The number of carbonyl (C=O) groups excluding carboxylic acids is 2. The van der Waals surface area contributed by atoms with Crippen molar-refractivity contribution in [1.29, 1.82) is 0 Å². The molecular weight excluding hydrogens is 304 g/mol. The van der Waals surface area contributed by atoms with Gasteiger partial charge in [0.2, 0.25) is 0 Å². The molecule has 2 aliphatic rings. The molecule has 1 aliphatic carbocycles. The van der Waals surface area contributed by atoms with E-state index in [1.54, 1.807) is 13.8 Å². The summed E-state index contributed by atoms with van der Waals surface area (Å²) in [5, 5.41) is 0.608. The van der Waals surface area contributed by atoms with Gasteiger partial charge in [-0.25, -0.2) is 0 Å². The van der Waals surface area contributed by atoms with Gasteiger partial charge in [-0.05, 0) is 42.5 Å². The van der Waals surface area contributed by atoms with Gasteiger partial charge in [-0.2, -0.15) is 0 Å². The Morgan fingerprint density at radius 2 is 1.86 bits per heavy atom. The summed E-state index contributed by atoms with van der Waals surface area (Å²) in [5.74, 6) is -3.13. The average molecular weight is 323 g/mol. The molecule has 5 heteroatoms. The minimum absolute atomic E-state index is 0.504. The lowest BCUT2D eigenvalue weighted by atomic mass is 9.68. The second kappa shape index (κ2) is 4.98. The third kappa shape index (κ3) is 2.21. The van der Waals surface area contributed by atoms with Crippen LogP contribution in [0.3, 0.4) is 0 Å². The maximum Gasteiger partial charge on any atom is 0.324 e. The molecule has 4 nitrogen and oxygen atoms in total. The van der Waals surface area contributed by atoms with E-state index < -0.39 is 29.1 Å². The van der Waals surface area contributed by atoms with Gasteiger partial charge in [0.1, 0.15) is 0 Å². The SMILES string of the molecule is CC[C@@]1(C2C(=O)OC(C)(C)OC2=O)CCc2ccc(Cl)cc21. The van der Waals surface area contributed by atoms with E-state index >= 15 is 0 Å². The number of ether oxygens (including phenoxy) is 2. The number of cyclic esters (lactones) is 2. The second-order valence-corrected chi connectivity index (χ2v) is 6.92. The van der Waals surface area contributed by atoms with Crippen molar-refractivity contribution in [3.63, 3.8) is 0 Å². The summed E-state index contributed by atoms with van der Waals surface area (Å²) in [6, 6.07) is 5.68. The normalized spacial score (nSPS) is 27.3. The van der Waals surface area contributed by atoms with E-state index in [9.17, 15) is 9.59 Å². The smallest absolute Gasteiger partial charge is 0.324 e. The van der Waals surface area contributed by atoms with Crippen LogP contribution in [-0.2, 0) is 30.9 Å². The highest BCUT2D eigenvalue weighted by atomic mass is 35.5. The van der Waals surface area contributed by atoms with Gasteiger partial charge in [-0.3, -0.25) is 9.59 Å². The summed E-state index contributed by atoms with van der Waals surface area (Å²) in [4.78, 5) is 25.0. The third-order valence-corrected chi connectivity index (χ3v) is 5.03. The van der Waals surface area contributed by atoms with E-state index in [0.29, 0.717) is 17.9 Å². The van der Waals surface area contributed by atoms with Crippen molar-refractivity contribution >= 4 is 23.5 Å². The van der Waals surface area contributed by atoms with Crippen molar-refractivity contribution in [3.8, 4) is 0 Å². The van der Waals surface area contributed by atoms with Crippen LogP contribution in [-0.4, -0.2) is 17.7 Å². The fraction of sp³-hybridized carbons (Fsp3) is 0.529. The maximum absolute atomic E-state index is 12.5. The fourth-order valence-corrected chi connectivity index (χ4v) is 3.94. The van der Waals surface area contributed by atoms with Crippen molar-refractivity contribution in [2.45, 2.75) is 51.2 Å². The van der Waals surface area contributed by atoms with Crippen molar-refractivity contribution < 1.29 is 19.1 Å². The Labute approximate surface area is 134 Å². The van der Waals surface area contributed by atoms with Gasteiger partial charge < -0.3 is 9.47 Å². The van der Waals surface area contributed by atoms with Gasteiger partial charge >= 0.3 is 11.9 Å². The van der Waals surface area contributed by atoms with Crippen LogP contribution in [0.1, 0.15) is 44.7 Å². The summed E-state index contributed by atoms with van der Waals surface area (Å²) in [5.41, 5.74) is 1.52. The fourth-order valence-electron chi connectivity index (χ4n) is 3.76. The molecule has 1 aromatic carbocycles. The minimum atomic E-state index is -1.20. The number of fused-ring (bicyclic) bond motifs is 1. The Hall–Kier alpha value is -1.55. The molecule has 1 atom stereocenters. The first-order valence-electron chi connectivity index (χ1n) is 7.54. The summed E-state index contributed by atoms with van der Waals surface area (Å²) in [6.45, 7) is 5.12. The molecule has 0 radical (unpaired) electrons. The first-order valence-corrected chi connectivity index (χ1v) is 7.91. The Kier molecular flexibility index (Phi) is 3.48. The van der Waals surface area contributed by atoms with Gasteiger partial charge in [0, 0.05) is 24.3 Å². The molecule has 0 saturated carbocycles. The van der Waals surface area contributed by atoms with Gasteiger partial charge in [0.25, 0.3) is 5.79 Å². The maximum atomic E-state index is 12.5. The number of aryl methyl sites for hydroxylation is 1. The first-order chi connectivity index (χ1) is 10.3. The molecule has 0 spiro atoms. The van der Waals surface area contributed by atoms with Crippen LogP contribution in [0.25, 0.3) is 0 Å². The largest absolute Gasteiger partial charge is 0.422 e. The van der Waals surface area contributed by atoms with E-state index in [-0.39, 0.29) is 0 Å². The van der Waals surface area contributed by atoms with Crippen LogP contribution in [0.15, 0.2) is 18.2 Å². The molecule has 0 unspecified atom stereocenters. The van der Waals surface area contributed by atoms with E-state index in [1.165, 1.54) is 0 Å². The van der Waals surface area contributed by atoms with Crippen LogP contribution < -0.4 is 0 Å². The number of hydrogen-bond donors (Lipinski definition) is 0. The Morgan fingerprint density at radius 1 is 1.23 bits per heavy atom. The van der Waals surface area contributed by atoms with Crippen LogP contribution in [0.2, 0.25) is 5.02 Å². The second-order valence-electron chi connectivity index (χ2n) is 6.49. The van der Waals surface area contributed by atoms with E-state index in [4.69, 9.17) is 21.1 Å². The monoisotopic (exact) mass is 322 g/mol. The number of carbonyl (C=O) groups is 2. The van der Waals surface area contributed by atoms with Gasteiger partial charge in [-0.15, -0.1) is 0 Å². The lowest BCUT2D eigenvalue weighted by Crippen LogP contribution is -2.53. The molecule has 22 heavy (non-hydrogen) atoms. The topological polar surface area (TPSA) is 52.6 Å². The molecule has 0 aromatic heterocycles. The van der Waals surface area contributed by atoms with E-state index in [0.717, 1.165) is 17.5 Å². The number of esters is 2. The molecule has 1 aliphatic heterocycles. The molecule has 1 fully saturated rings. The molecule has 118 valence electrons. The number of rotatable bonds is 2. The highest BCUT2D eigenvalue weighted by Crippen LogP contribution is 2.50. The molecule has 1 saturated heterocycles. The summed E-state index contributed by atoms with van der Waals surface area (Å²) < 4.78 is 10.7. The Morgan fingerprint density at radius 3 is 2.45 bits per heavy atom. The number of halogens is 1. The lowest BCUT2D eigenvalue weighted by Gasteiger charge is -2.41. The van der Waals surface area contributed by atoms with Crippen LogP contribution in [0, 0.1) is 5.92 Å². The average Bonchev–Trinajstić information content (AvgIpc) is 2.76. The summed E-state index contributed by atoms with van der Waals surface area (Å²) in [7, 11) is 0. The molecule has 3 rings (SSSR count). The van der Waals surface area contributed by atoms with Crippen LogP contribution in [0.4, 0.5) is 0 Å². The summed E-state index contributed by atoms with van der Waals surface area (Å²) >= 11 is 6.13. The van der Waals surface area contributed by atoms with Crippen LogP contribution >= 0.6 is 11.6 Å². The highest BCUT2D eigenvalue weighted by molar-refractivity contribution is 6.30. The lowest BCUT2D eigenvalue weighted by molar-refractivity contribution is -0.243. The Bertz CT molecular complexity index is 632. The predicted octanol–water partition coefficient (Wildman–Crippen LogP) is 3.39. The zero-order valence-electron chi connectivity index (χ0n) is 12.9. The van der Waals surface area contributed by atoms with Gasteiger partial charge in [0.05, 0.1) is 0 Å². The third-order valence-electron chi connectivity index (χ3n) is 4.80. The first kappa shape index (κ1) is 15.3. The van der Waals surface area contributed by atoms with E-state index in [2.05, 4.69) is 0 Å². The molecule has 1 heterocycles. The van der Waals surface area contributed by atoms with Crippen molar-refractivity contribution in [2.75, 3.05) is 0 Å². The summed E-state index contributed by atoms with van der Waals surface area (Å²) in [6.07, 6.45) is 2.19. The standard InChI is InChI=1S/C17H19ClO4/c1-4-17(8-7-10-5-6-11(18)9-12(10)17)13-14(19)21-16(2,3)22-15(13)20/h5-6,9,13H,4,7-8H2,1-3H3/t17-/m1/s1. The quantitative estimate of drug-likeness (QED) is 0.618. The molecule has 0 amide bonds. The Balaban J connectivity index is 2.08. The molecule has 1 aromatic rings. The van der Waals surface area contributed by atoms with Gasteiger partial charge in [0.15, 0.2) is 5.92 Å². The molecule has 0 N–H and O–H groups in total. The van der Waals surface area contributed by atoms with E-state index in [1.807, 2.05) is 25.1 Å². The molecule has 0 bridgehead atoms. The van der Waals surface area contributed by atoms with Crippen molar-refractivity contribution in [2.24, 2.45) is 5.92 Å². The van der Waals surface area contributed by atoms with Gasteiger partial charge in [-0.1, -0.05) is 24.6 Å². The molecular formula is C17H19ClO4. The number of hydrogen-bond acceptors (Lipinski definition) is 4. The number of benzene rings is 1. The predicted molar refractivity (Wildman–Crippen MR) is 81.5 cm³/mol. The van der Waals surface area contributed by atoms with Crippen LogP contribution in [0.5, 0.6) is 0 Å². The van der Waals surface area contributed by atoms with Crippen molar-refractivity contribution in [1.82, 2.24) is 0 Å².